The minimum atomic E-state index is -3.72. The molecule has 1 heterocycles. The van der Waals surface area contributed by atoms with Crippen molar-refractivity contribution < 1.29 is 18.3 Å². The first kappa shape index (κ1) is 14.7. The number of rotatable bonds is 7. The number of aromatic nitrogens is 2. The van der Waals surface area contributed by atoms with Gasteiger partial charge in [0.2, 0.25) is 0 Å². The van der Waals surface area contributed by atoms with E-state index in [1.54, 1.807) is 6.92 Å². The number of nitrogens with one attached hydrogen (secondary N) is 2. The second-order valence-electron chi connectivity index (χ2n) is 4.01. The normalized spacial score (nSPS) is 13.4. The highest BCUT2D eigenvalue weighted by molar-refractivity contribution is 7.89. The Morgan fingerprint density at radius 2 is 2.28 bits per heavy atom. The third-order valence-electron chi connectivity index (χ3n) is 2.48. The first-order chi connectivity index (χ1) is 8.36. The Kier molecular flexibility index (Phi) is 4.85. The zero-order chi connectivity index (χ0) is 13.8. The smallest absolute Gasteiger partial charge is 0.307 e. The zero-order valence-electron chi connectivity index (χ0n) is 10.3. The van der Waals surface area contributed by atoms with Gasteiger partial charge in [-0.25, -0.2) is 18.1 Å². The Balaban J connectivity index is 2.69. The lowest BCUT2D eigenvalue weighted by Gasteiger charge is -2.11. The van der Waals surface area contributed by atoms with Crippen LogP contribution in [0.3, 0.4) is 0 Å². The Hall–Kier alpha value is -1.41. The van der Waals surface area contributed by atoms with E-state index in [-0.39, 0.29) is 11.6 Å². The minimum absolute atomic E-state index is 0.0550. The fourth-order valence-electron chi connectivity index (χ4n) is 1.48. The van der Waals surface area contributed by atoms with Crippen molar-refractivity contribution in [2.24, 2.45) is 5.92 Å². The van der Waals surface area contributed by atoms with Crippen molar-refractivity contribution in [1.82, 2.24) is 14.7 Å². The van der Waals surface area contributed by atoms with Gasteiger partial charge in [0.25, 0.3) is 10.0 Å². The van der Waals surface area contributed by atoms with Crippen molar-refractivity contribution in [2.45, 2.75) is 31.7 Å². The molecular weight excluding hydrogens is 258 g/mol. The van der Waals surface area contributed by atoms with Gasteiger partial charge in [-0.15, -0.1) is 0 Å². The van der Waals surface area contributed by atoms with Crippen molar-refractivity contribution in [1.29, 1.82) is 0 Å². The van der Waals surface area contributed by atoms with Crippen LogP contribution in [0.25, 0.3) is 0 Å². The Labute approximate surface area is 106 Å². The number of carboxylic acids is 1. The van der Waals surface area contributed by atoms with Crippen LogP contribution in [0.15, 0.2) is 11.2 Å². The summed E-state index contributed by atoms with van der Waals surface area (Å²) in [6, 6.07) is 0. The molecule has 1 unspecified atom stereocenters. The van der Waals surface area contributed by atoms with E-state index < -0.39 is 21.9 Å². The van der Waals surface area contributed by atoms with Gasteiger partial charge in [-0.2, -0.15) is 0 Å². The molecule has 1 atom stereocenters. The molecule has 102 valence electrons. The van der Waals surface area contributed by atoms with Crippen LogP contribution in [-0.4, -0.2) is 36.0 Å². The maximum atomic E-state index is 11.8. The number of carbonyl (C=O) groups is 1. The van der Waals surface area contributed by atoms with Crippen LogP contribution in [0.4, 0.5) is 0 Å². The molecule has 8 heteroatoms. The highest BCUT2D eigenvalue weighted by Gasteiger charge is 2.22. The van der Waals surface area contributed by atoms with Crippen LogP contribution in [0.2, 0.25) is 0 Å². The molecule has 0 spiro atoms. The average molecular weight is 275 g/mol. The van der Waals surface area contributed by atoms with Crippen molar-refractivity contribution in [2.75, 3.05) is 6.54 Å². The van der Waals surface area contributed by atoms with Gasteiger partial charge < -0.3 is 10.1 Å². The molecule has 0 saturated carbocycles. The quantitative estimate of drug-likeness (QED) is 0.670. The Morgan fingerprint density at radius 3 is 2.72 bits per heavy atom. The minimum Gasteiger partial charge on any atom is -0.481 e. The first-order valence-electron chi connectivity index (χ1n) is 5.61. The standard InChI is InChI=1S/C10H17N3O4S/c1-3-4-8(10(14)15)5-12-18(16,17)9-6-11-7(2)13-9/h6,8,12H,3-5H2,1-2H3,(H,11,13)(H,14,15). The van der Waals surface area contributed by atoms with Crippen molar-refractivity contribution >= 4 is 16.0 Å². The molecule has 1 aromatic rings. The molecule has 1 aromatic heterocycles. The van der Waals surface area contributed by atoms with E-state index in [0.29, 0.717) is 18.7 Å². The molecule has 3 N–H and O–H groups in total. The third kappa shape index (κ3) is 3.81. The third-order valence-corrected chi connectivity index (χ3v) is 3.81. The van der Waals surface area contributed by atoms with E-state index in [1.165, 1.54) is 6.20 Å². The fourth-order valence-corrected chi connectivity index (χ4v) is 2.53. The highest BCUT2D eigenvalue weighted by Crippen LogP contribution is 2.09. The van der Waals surface area contributed by atoms with Gasteiger partial charge in [0, 0.05) is 6.54 Å². The summed E-state index contributed by atoms with van der Waals surface area (Å²) >= 11 is 0. The maximum absolute atomic E-state index is 11.8. The number of aromatic amines is 1. The van der Waals surface area contributed by atoms with Crippen LogP contribution in [0, 0.1) is 12.8 Å². The summed E-state index contributed by atoms with van der Waals surface area (Å²) < 4.78 is 25.9. The van der Waals surface area contributed by atoms with E-state index in [9.17, 15) is 13.2 Å². The predicted molar refractivity (Wildman–Crippen MR) is 64.5 cm³/mol. The first-order valence-corrected chi connectivity index (χ1v) is 7.09. The molecule has 0 aromatic carbocycles. The number of hydrogen-bond acceptors (Lipinski definition) is 4. The van der Waals surface area contributed by atoms with E-state index in [1.807, 2.05) is 6.92 Å². The molecule has 0 aliphatic heterocycles. The number of H-pyrrole nitrogens is 1. The Bertz CT molecular complexity index is 509. The van der Waals surface area contributed by atoms with E-state index >= 15 is 0 Å². The number of hydrogen-bond donors (Lipinski definition) is 3. The molecule has 0 aliphatic carbocycles. The maximum Gasteiger partial charge on any atom is 0.307 e. The number of imidazole rings is 1. The second-order valence-corrected chi connectivity index (χ2v) is 5.74. The molecule has 0 fully saturated rings. The van der Waals surface area contributed by atoms with Crippen LogP contribution in [0.1, 0.15) is 25.6 Å². The summed E-state index contributed by atoms with van der Waals surface area (Å²) in [7, 11) is -3.72. The summed E-state index contributed by atoms with van der Waals surface area (Å²) in [4.78, 5) is 17.3. The molecule has 18 heavy (non-hydrogen) atoms. The number of aliphatic carboxylic acids is 1. The lowest BCUT2D eigenvalue weighted by molar-refractivity contribution is -0.141. The second kappa shape index (κ2) is 5.96. The van der Waals surface area contributed by atoms with Gasteiger partial charge in [-0.1, -0.05) is 13.3 Å². The summed E-state index contributed by atoms with van der Waals surface area (Å²) in [5.41, 5.74) is 0. The van der Waals surface area contributed by atoms with Gasteiger partial charge in [0.05, 0.1) is 12.1 Å². The molecule has 7 nitrogen and oxygen atoms in total. The van der Waals surface area contributed by atoms with Gasteiger partial charge in [-0.3, -0.25) is 4.79 Å². The molecule has 0 bridgehead atoms. The largest absolute Gasteiger partial charge is 0.481 e. The average Bonchev–Trinajstić information content (AvgIpc) is 2.71. The van der Waals surface area contributed by atoms with E-state index in [0.717, 1.165) is 0 Å². The molecular formula is C10H17N3O4S. The van der Waals surface area contributed by atoms with Gasteiger partial charge in [0.15, 0.2) is 5.03 Å². The summed E-state index contributed by atoms with van der Waals surface area (Å²) in [5.74, 6) is -1.23. The highest BCUT2D eigenvalue weighted by atomic mass is 32.2. The summed E-state index contributed by atoms with van der Waals surface area (Å²) in [6.45, 7) is 3.36. The van der Waals surface area contributed by atoms with E-state index in [4.69, 9.17) is 5.11 Å². The molecule has 1 rings (SSSR count). The molecule has 0 radical (unpaired) electrons. The SMILES string of the molecule is CCCC(CNS(=O)(=O)c1cnc(C)[nH]1)C(=O)O. The number of aryl methyl sites for hydroxylation is 1. The molecule has 0 aliphatic rings. The van der Waals surface area contributed by atoms with E-state index in [2.05, 4.69) is 14.7 Å². The van der Waals surface area contributed by atoms with Crippen LogP contribution in [0.5, 0.6) is 0 Å². The van der Waals surface area contributed by atoms with Crippen molar-refractivity contribution in [3.8, 4) is 0 Å². The van der Waals surface area contributed by atoms with Gasteiger partial charge in [0.1, 0.15) is 5.82 Å². The van der Waals surface area contributed by atoms with Crippen LogP contribution < -0.4 is 4.72 Å². The summed E-state index contributed by atoms with van der Waals surface area (Å²) in [6.07, 6.45) is 2.31. The molecule has 0 amide bonds. The fraction of sp³-hybridized carbons (Fsp3) is 0.600. The zero-order valence-corrected chi connectivity index (χ0v) is 11.1. The van der Waals surface area contributed by atoms with Crippen LogP contribution in [-0.2, 0) is 14.8 Å². The number of nitrogens with zero attached hydrogens (tertiary/aromatic N) is 1. The monoisotopic (exact) mass is 275 g/mol. The topological polar surface area (TPSA) is 112 Å². The summed E-state index contributed by atoms with van der Waals surface area (Å²) in [5, 5.41) is 8.87. The van der Waals surface area contributed by atoms with Gasteiger partial charge >= 0.3 is 5.97 Å². The number of carboxylic acid groups (broad SMARTS) is 1. The van der Waals surface area contributed by atoms with Gasteiger partial charge in [-0.05, 0) is 13.3 Å². The lowest BCUT2D eigenvalue weighted by Crippen LogP contribution is -2.33. The van der Waals surface area contributed by atoms with Crippen molar-refractivity contribution in [3.63, 3.8) is 0 Å². The van der Waals surface area contributed by atoms with Crippen molar-refractivity contribution in [3.05, 3.63) is 12.0 Å². The Morgan fingerprint density at radius 1 is 1.61 bits per heavy atom. The molecule has 0 saturated heterocycles. The van der Waals surface area contributed by atoms with Crippen LogP contribution >= 0.6 is 0 Å². The number of sulfonamides is 1. The lowest BCUT2D eigenvalue weighted by atomic mass is 10.1. The predicted octanol–water partition coefficient (Wildman–Crippen LogP) is 0.497.